The van der Waals surface area contributed by atoms with Gasteiger partial charge in [-0.25, -0.2) is 0 Å². The highest BCUT2D eigenvalue weighted by molar-refractivity contribution is 6.31. The molecule has 66 valence electrons. The van der Waals surface area contributed by atoms with Crippen LogP contribution in [-0.4, -0.2) is 10.1 Å². The maximum Gasteiger partial charge on any atom is 0.267 e. The molecule has 13 heavy (non-hydrogen) atoms. The van der Waals surface area contributed by atoms with Gasteiger partial charge in [-0.2, -0.15) is 0 Å². The molecule has 0 aliphatic rings. The summed E-state index contributed by atoms with van der Waals surface area (Å²) in [5.74, 6) is 0.149. The van der Waals surface area contributed by atoms with Crippen LogP contribution in [0, 0.1) is 0 Å². The minimum absolute atomic E-state index is 0.123. The fourth-order valence-electron chi connectivity index (χ4n) is 1.17. The first kappa shape index (κ1) is 8.13. The van der Waals surface area contributed by atoms with Gasteiger partial charge in [0.2, 0.25) is 0 Å². The Morgan fingerprint density at radius 2 is 2.08 bits per heavy atom. The number of H-pyrrole nitrogens is 1. The molecular formula is C9H6ClNO2. The van der Waals surface area contributed by atoms with Crippen LogP contribution in [0.5, 0.6) is 5.75 Å². The summed E-state index contributed by atoms with van der Waals surface area (Å²) in [5.41, 5.74) is 0.340. The third kappa shape index (κ3) is 1.38. The topological polar surface area (TPSA) is 53.1 Å². The average Bonchev–Trinajstić information content (AvgIpc) is 2.08. The van der Waals surface area contributed by atoms with Gasteiger partial charge in [-0.05, 0) is 24.3 Å². The number of pyridine rings is 1. The summed E-state index contributed by atoms with van der Waals surface area (Å²) in [6, 6.07) is 6.20. The molecule has 3 nitrogen and oxygen atoms in total. The van der Waals surface area contributed by atoms with Gasteiger partial charge >= 0.3 is 0 Å². The van der Waals surface area contributed by atoms with Gasteiger partial charge in [-0.15, -0.1) is 0 Å². The van der Waals surface area contributed by atoms with Crippen molar-refractivity contribution in [2.75, 3.05) is 0 Å². The summed E-state index contributed by atoms with van der Waals surface area (Å²) in [6.45, 7) is 0. The van der Waals surface area contributed by atoms with Gasteiger partial charge in [-0.3, -0.25) is 4.79 Å². The molecule has 0 bridgehead atoms. The molecule has 1 aromatic carbocycles. The Bertz CT molecular complexity index is 518. The number of nitrogens with one attached hydrogen (secondary N) is 1. The summed E-state index contributed by atoms with van der Waals surface area (Å²) in [7, 11) is 0. The van der Waals surface area contributed by atoms with Gasteiger partial charge < -0.3 is 10.1 Å². The number of aromatic amines is 1. The molecule has 0 fully saturated rings. The van der Waals surface area contributed by atoms with Crippen LogP contribution >= 0.6 is 11.6 Å². The van der Waals surface area contributed by atoms with Gasteiger partial charge in [0.05, 0.1) is 0 Å². The number of hydrogen-bond donors (Lipinski definition) is 2. The van der Waals surface area contributed by atoms with E-state index in [1.165, 1.54) is 18.2 Å². The average molecular weight is 196 g/mol. The van der Waals surface area contributed by atoms with Crippen molar-refractivity contribution in [1.29, 1.82) is 0 Å². The Hall–Kier alpha value is -1.48. The summed E-state index contributed by atoms with van der Waals surface area (Å²) in [4.78, 5) is 13.7. The number of phenols is 1. The zero-order valence-electron chi connectivity index (χ0n) is 6.54. The van der Waals surface area contributed by atoms with Crippen LogP contribution in [0.2, 0.25) is 5.02 Å². The molecule has 0 saturated heterocycles. The molecule has 4 heteroatoms. The Labute approximate surface area is 78.6 Å². The summed E-state index contributed by atoms with van der Waals surface area (Å²) in [6.07, 6.45) is 0. The van der Waals surface area contributed by atoms with E-state index in [-0.39, 0.29) is 16.3 Å². The zero-order valence-corrected chi connectivity index (χ0v) is 7.30. The molecule has 0 aliphatic heterocycles. The van der Waals surface area contributed by atoms with Crippen LogP contribution in [0.25, 0.3) is 10.9 Å². The summed E-state index contributed by atoms with van der Waals surface area (Å²) < 4.78 is 0. The first-order valence-electron chi connectivity index (χ1n) is 3.68. The Kier molecular flexibility index (Phi) is 1.74. The van der Waals surface area contributed by atoms with Crippen molar-refractivity contribution in [2.24, 2.45) is 0 Å². The SMILES string of the molecule is O=c1[nH]c2ccc(O)cc2cc1Cl. The van der Waals surface area contributed by atoms with Crippen molar-refractivity contribution >= 4 is 22.5 Å². The fraction of sp³-hybridized carbons (Fsp3) is 0. The lowest BCUT2D eigenvalue weighted by Gasteiger charge is -1.98. The minimum atomic E-state index is -0.320. The third-order valence-corrected chi connectivity index (χ3v) is 2.06. The predicted molar refractivity (Wildman–Crippen MR) is 51.2 cm³/mol. The molecule has 0 unspecified atom stereocenters. The van der Waals surface area contributed by atoms with E-state index >= 15 is 0 Å². The molecule has 0 spiro atoms. The second-order valence-corrected chi connectivity index (χ2v) is 3.13. The predicted octanol–water partition coefficient (Wildman–Crippen LogP) is 1.89. The van der Waals surface area contributed by atoms with E-state index in [0.717, 1.165) is 0 Å². The second-order valence-electron chi connectivity index (χ2n) is 2.72. The number of fused-ring (bicyclic) bond motifs is 1. The molecule has 1 aromatic heterocycles. The maximum atomic E-state index is 11.1. The van der Waals surface area contributed by atoms with Crippen LogP contribution in [0.4, 0.5) is 0 Å². The van der Waals surface area contributed by atoms with E-state index in [0.29, 0.717) is 10.9 Å². The first-order valence-corrected chi connectivity index (χ1v) is 4.06. The van der Waals surface area contributed by atoms with Crippen molar-refractivity contribution in [2.45, 2.75) is 0 Å². The molecule has 0 amide bonds. The second kappa shape index (κ2) is 2.78. The lowest BCUT2D eigenvalue weighted by atomic mass is 10.2. The minimum Gasteiger partial charge on any atom is -0.508 e. The molecule has 2 rings (SSSR count). The highest BCUT2D eigenvalue weighted by atomic mass is 35.5. The van der Waals surface area contributed by atoms with Gasteiger partial charge in [0.1, 0.15) is 10.8 Å². The first-order chi connectivity index (χ1) is 6.16. The molecule has 0 radical (unpaired) electrons. The number of aromatic nitrogens is 1. The number of phenolic OH excluding ortho intramolecular Hbond substituents is 1. The van der Waals surface area contributed by atoms with Gasteiger partial charge in [0.15, 0.2) is 0 Å². The lowest BCUT2D eigenvalue weighted by Crippen LogP contribution is -2.04. The Morgan fingerprint density at radius 1 is 1.31 bits per heavy atom. The highest BCUT2D eigenvalue weighted by Crippen LogP contribution is 2.18. The van der Waals surface area contributed by atoms with E-state index in [2.05, 4.69) is 4.98 Å². The number of halogens is 1. The Morgan fingerprint density at radius 3 is 2.85 bits per heavy atom. The molecule has 0 aliphatic carbocycles. The number of hydrogen-bond acceptors (Lipinski definition) is 2. The quantitative estimate of drug-likeness (QED) is 0.675. The van der Waals surface area contributed by atoms with E-state index in [4.69, 9.17) is 16.7 Å². The molecule has 2 N–H and O–H groups in total. The highest BCUT2D eigenvalue weighted by Gasteiger charge is 2.00. The van der Waals surface area contributed by atoms with Crippen LogP contribution < -0.4 is 5.56 Å². The molecular weight excluding hydrogens is 190 g/mol. The summed E-state index contributed by atoms with van der Waals surface area (Å²) >= 11 is 5.61. The van der Waals surface area contributed by atoms with E-state index in [1.807, 2.05) is 0 Å². The Balaban J connectivity index is 2.89. The van der Waals surface area contributed by atoms with Crippen LogP contribution in [0.1, 0.15) is 0 Å². The van der Waals surface area contributed by atoms with Crippen molar-refractivity contribution in [3.05, 3.63) is 39.6 Å². The smallest absolute Gasteiger partial charge is 0.267 e. The largest absolute Gasteiger partial charge is 0.508 e. The van der Waals surface area contributed by atoms with Crippen molar-refractivity contribution in [3.63, 3.8) is 0 Å². The van der Waals surface area contributed by atoms with Gasteiger partial charge in [-0.1, -0.05) is 11.6 Å². The van der Waals surface area contributed by atoms with E-state index < -0.39 is 0 Å². The molecule has 1 heterocycles. The lowest BCUT2D eigenvalue weighted by molar-refractivity contribution is 0.476. The zero-order chi connectivity index (χ0) is 9.42. The van der Waals surface area contributed by atoms with E-state index in [1.54, 1.807) is 6.07 Å². The maximum absolute atomic E-state index is 11.1. The normalized spacial score (nSPS) is 10.5. The van der Waals surface area contributed by atoms with Gasteiger partial charge in [0.25, 0.3) is 5.56 Å². The molecule has 0 saturated carbocycles. The van der Waals surface area contributed by atoms with Crippen molar-refractivity contribution < 1.29 is 5.11 Å². The van der Waals surface area contributed by atoms with Crippen LogP contribution in [0.15, 0.2) is 29.1 Å². The third-order valence-electron chi connectivity index (χ3n) is 1.78. The number of benzene rings is 1. The van der Waals surface area contributed by atoms with Crippen molar-refractivity contribution in [1.82, 2.24) is 4.98 Å². The van der Waals surface area contributed by atoms with E-state index in [9.17, 15) is 4.79 Å². The van der Waals surface area contributed by atoms with Crippen LogP contribution in [0.3, 0.4) is 0 Å². The van der Waals surface area contributed by atoms with Crippen LogP contribution in [-0.2, 0) is 0 Å². The number of rotatable bonds is 0. The number of aromatic hydroxyl groups is 1. The fourth-order valence-corrected chi connectivity index (χ4v) is 1.33. The van der Waals surface area contributed by atoms with Crippen molar-refractivity contribution in [3.8, 4) is 5.75 Å². The molecule has 0 atom stereocenters. The van der Waals surface area contributed by atoms with Gasteiger partial charge in [0, 0.05) is 10.9 Å². The monoisotopic (exact) mass is 195 g/mol. The standard InChI is InChI=1S/C9H6ClNO2/c10-7-4-5-3-6(12)1-2-8(5)11-9(7)13/h1-4,12H,(H,11,13). The molecule has 2 aromatic rings. The summed E-state index contributed by atoms with van der Waals surface area (Å²) in [5, 5.41) is 9.99.